The van der Waals surface area contributed by atoms with Gasteiger partial charge in [-0.25, -0.2) is 4.79 Å². The number of aromatic nitrogens is 1. The van der Waals surface area contributed by atoms with Crippen LogP contribution in [0.3, 0.4) is 0 Å². The highest BCUT2D eigenvalue weighted by Gasteiger charge is 2.28. The molecule has 1 aliphatic rings. The molecule has 24 heavy (non-hydrogen) atoms. The number of rotatable bonds is 5. The zero-order chi connectivity index (χ0) is 17.5. The Hall–Kier alpha value is -2.15. The van der Waals surface area contributed by atoms with Crippen molar-refractivity contribution in [2.75, 3.05) is 33.8 Å². The van der Waals surface area contributed by atoms with Gasteiger partial charge in [0.2, 0.25) is 5.91 Å². The minimum Gasteiger partial charge on any atom is -0.450 e. The fraction of sp³-hybridized carbons (Fsp3) is 0.588. The number of likely N-dealkylation sites (tertiary alicyclic amines) is 1. The van der Waals surface area contributed by atoms with E-state index in [9.17, 15) is 9.59 Å². The number of nitrogens with one attached hydrogen (secondary N) is 1. The van der Waals surface area contributed by atoms with E-state index in [1.165, 1.54) is 0 Å². The minimum absolute atomic E-state index is 0.0393. The number of piperidine rings is 1. The Labute approximate surface area is 143 Å². The highest BCUT2D eigenvalue weighted by molar-refractivity contribution is 5.83. The van der Waals surface area contributed by atoms with Crippen LogP contribution in [0.25, 0.3) is 0 Å². The predicted molar refractivity (Wildman–Crippen MR) is 90.4 cm³/mol. The summed E-state index contributed by atoms with van der Waals surface area (Å²) in [6.07, 6.45) is 4.60. The Bertz CT molecular complexity index is 542. The van der Waals surface area contributed by atoms with E-state index in [1.807, 2.05) is 31.1 Å². The van der Waals surface area contributed by atoms with Crippen LogP contribution < -0.4 is 5.32 Å². The SMILES string of the molecule is CCOC(=O)N1CCC(NC(=O)C(c2cccnc2)N(C)C)CC1. The Balaban J connectivity index is 1.91. The summed E-state index contributed by atoms with van der Waals surface area (Å²) in [5.41, 5.74) is 0.865. The molecule has 1 fully saturated rings. The zero-order valence-electron chi connectivity index (χ0n) is 14.6. The van der Waals surface area contributed by atoms with Crippen LogP contribution in [0.1, 0.15) is 31.4 Å². The number of ether oxygens (including phenoxy) is 1. The molecule has 1 saturated heterocycles. The lowest BCUT2D eigenvalue weighted by atomic mass is 10.0. The average molecular weight is 334 g/mol. The van der Waals surface area contributed by atoms with Gasteiger partial charge in [-0.1, -0.05) is 6.07 Å². The van der Waals surface area contributed by atoms with Crippen molar-refractivity contribution < 1.29 is 14.3 Å². The van der Waals surface area contributed by atoms with Crippen LogP contribution in [0.4, 0.5) is 4.79 Å². The average Bonchev–Trinajstić information content (AvgIpc) is 2.56. The first-order chi connectivity index (χ1) is 11.5. The molecule has 0 aromatic carbocycles. The third-order valence-corrected chi connectivity index (χ3v) is 4.13. The topological polar surface area (TPSA) is 74.8 Å². The number of carbonyl (C=O) groups is 2. The molecule has 1 aromatic heterocycles. The Morgan fingerprint density at radius 3 is 2.67 bits per heavy atom. The van der Waals surface area contributed by atoms with Gasteiger partial charge < -0.3 is 15.0 Å². The van der Waals surface area contributed by atoms with Crippen LogP contribution in [-0.4, -0.2) is 66.6 Å². The van der Waals surface area contributed by atoms with Crippen molar-refractivity contribution in [3.63, 3.8) is 0 Å². The second-order valence-corrected chi connectivity index (χ2v) is 6.12. The first-order valence-corrected chi connectivity index (χ1v) is 8.31. The van der Waals surface area contributed by atoms with E-state index in [4.69, 9.17) is 4.74 Å². The largest absolute Gasteiger partial charge is 0.450 e. The van der Waals surface area contributed by atoms with E-state index >= 15 is 0 Å². The summed E-state index contributed by atoms with van der Waals surface area (Å²) < 4.78 is 5.01. The molecular weight excluding hydrogens is 308 g/mol. The van der Waals surface area contributed by atoms with Gasteiger partial charge >= 0.3 is 6.09 Å². The lowest BCUT2D eigenvalue weighted by Gasteiger charge is -2.33. The Kier molecular flexibility index (Phi) is 6.54. The summed E-state index contributed by atoms with van der Waals surface area (Å²) in [7, 11) is 3.75. The molecule has 2 heterocycles. The lowest BCUT2D eigenvalue weighted by Crippen LogP contribution is -2.49. The third kappa shape index (κ3) is 4.67. The normalized spacial score (nSPS) is 16.8. The first-order valence-electron chi connectivity index (χ1n) is 8.31. The maximum absolute atomic E-state index is 12.7. The van der Waals surface area contributed by atoms with Crippen LogP contribution >= 0.6 is 0 Å². The van der Waals surface area contributed by atoms with Crippen LogP contribution in [0.2, 0.25) is 0 Å². The summed E-state index contributed by atoms with van der Waals surface area (Å²) in [5, 5.41) is 3.10. The Morgan fingerprint density at radius 1 is 1.42 bits per heavy atom. The second kappa shape index (κ2) is 8.63. The number of likely N-dealkylation sites (N-methyl/N-ethyl adjacent to an activating group) is 1. The monoisotopic (exact) mass is 334 g/mol. The van der Waals surface area contributed by atoms with Gasteiger partial charge in [-0.2, -0.15) is 0 Å². The van der Waals surface area contributed by atoms with E-state index in [2.05, 4.69) is 10.3 Å². The molecule has 2 amide bonds. The van der Waals surface area contributed by atoms with Crippen LogP contribution in [-0.2, 0) is 9.53 Å². The van der Waals surface area contributed by atoms with Crippen molar-refractivity contribution in [2.45, 2.75) is 31.8 Å². The first kappa shape index (κ1) is 18.2. The summed E-state index contributed by atoms with van der Waals surface area (Å²) >= 11 is 0. The molecule has 1 aromatic rings. The van der Waals surface area contributed by atoms with Crippen molar-refractivity contribution in [3.8, 4) is 0 Å². The number of nitrogens with zero attached hydrogens (tertiary/aromatic N) is 3. The van der Waals surface area contributed by atoms with E-state index in [0.29, 0.717) is 19.7 Å². The quantitative estimate of drug-likeness (QED) is 0.881. The van der Waals surface area contributed by atoms with Gasteiger partial charge in [-0.05, 0) is 45.5 Å². The maximum Gasteiger partial charge on any atom is 0.409 e. The van der Waals surface area contributed by atoms with Gasteiger partial charge in [-0.15, -0.1) is 0 Å². The van der Waals surface area contributed by atoms with E-state index < -0.39 is 0 Å². The number of hydrogen-bond acceptors (Lipinski definition) is 5. The smallest absolute Gasteiger partial charge is 0.409 e. The zero-order valence-corrected chi connectivity index (χ0v) is 14.6. The lowest BCUT2D eigenvalue weighted by molar-refractivity contribution is -0.126. The molecule has 1 atom stereocenters. The van der Waals surface area contributed by atoms with Gasteiger partial charge in [0.1, 0.15) is 6.04 Å². The van der Waals surface area contributed by atoms with Crippen LogP contribution in [0.5, 0.6) is 0 Å². The molecule has 2 rings (SSSR count). The molecule has 0 spiro atoms. The number of amides is 2. The van der Waals surface area contributed by atoms with Crippen molar-refractivity contribution in [2.24, 2.45) is 0 Å². The number of hydrogen-bond donors (Lipinski definition) is 1. The van der Waals surface area contributed by atoms with Gasteiger partial charge in [0, 0.05) is 31.5 Å². The second-order valence-electron chi connectivity index (χ2n) is 6.12. The predicted octanol–water partition coefficient (Wildman–Crippen LogP) is 1.42. The Morgan fingerprint density at radius 2 is 2.12 bits per heavy atom. The van der Waals surface area contributed by atoms with E-state index in [-0.39, 0.29) is 24.1 Å². The van der Waals surface area contributed by atoms with Crippen molar-refractivity contribution in [3.05, 3.63) is 30.1 Å². The van der Waals surface area contributed by atoms with Crippen LogP contribution in [0.15, 0.2) is 24.5 Å². The standard InChI is InChI=1S/C17H26N4O3/c1-4-24-17(23)21-10-7-14(8-11-21)19-16(22)15(20(2)3)13-6-5-9-18-12-13/h5-6,9,12,14-15H,4,7-8,10-11H2,1-3H3,(H,19,22). The minimum atomic E-state index is -0.373. The highest BCUT2D eigenvalue weighted by atomic mass is 16.6. The van der Waals surface area contributed by atoms with Crippen molar-refractivity contribution >= 4 is 12.0 Å². The van der Waals surface area contributed by atoms with E-state index in [0.717, 1.165) is 18.4 Å². The van der Waals surface area contributed by atoms with E-state index in [1.54, 1.807) is 24.2 Å². The molecule has 7 nitrogen and oxygen atoms in total. The van der Waals surface area contributed by atoms with Gasteiger partial charge in [0.05, 0.1) is 6.61 Å². The third-order valence-electron chi connectivity index (χ3n) is 4.13. The van der Waals surface area contributed by atoms with Gasteiger partial charge in [-0.3, -0.25) is 14.7 Å². The highest BCUT2D eigenvalue weighted by Crippen LogP contribution is 2.19. The molecule has 0 aliphatic carbocycles. The maximum atomic E-state index is 12.7. The van der Waals surface area contributed by atoms with Gasteiger partial charge in [0.15, 0.2) is 0 Å². The summed E-state index contributed by atoms with van der Waals surface area (Å²) in [6, 6.07) is 3.43. The molecular formula is C17H26N4O3. The fourth-order valence-corrected chi connectivity index (χ4v) is 2.92. The molecule has 1 unspecified atom stereocenters. The summed E-state index contributed by atoms with van der Waals surface area (Å²) in [6.45, 7) is 3.38. The van der Waals surface area contributed by atoms with Crippen molar-refractivity contribution in [1.29, 1.82) is 0 Å². The van der Waals surface area contributed by atoms with Crippen LogP contribution in [0, 0.1) is 0 Å². The molecule has 0 radical (unpaired) electrons. The molecule has 132 valence electrons. The summed E-state index contributed by atoms with van der Waals surface area (Å²) in [5.74, 6) is -0.0393. The molecule has 1 aliphatic heterocycles. The fourth-order valence-electron chi connectivity index (χ4n) is 2.92. The van der Waals surface area contributed by atoms with Crippen molar-refractivity contribution in [1.82, 2.24) is 20.1 Å². The molecule has 7 heteroatoms. The van der Waals surface area contributed by atoms with Gasteiger partial charge in [0.25, 0.3) is 0 Å². The molecule has 0 saturated carbocycles. The number of carbonyl (C=O) groups excluding carboxylic acids is 2. The number of pyridine rings is 1. The summed E-state index contributed by atoms with van der Waals surface area (Å²) in [4.78, 5) is 32.1. The molecule has 0 bridgehead atoms. The molecule has 1 N–H and O–H groups in total.